The quantitative estimate of drug-likeness (QED) is 0.169. The van der Waals surface area contributed by atoms with Crippen molar-refractivity contribution < 1.29 is 0 Å². The average molecular weight is 783 g/mol. The number of para-hydroxylation sites is 2. The molecule has 0 amide bonds. The van der Waals surface area contributed by atoms with E-state index in [0.717, 1.165) is 33.4 Å². The van der Waals surface area contributed by atoms with Crippen molar-refractivity contribution in [2.24, 2.45) is 0 Å². The number of benzene rings is 9. The van der Waals surface area contributed by atoms with Gasteiger partial charge in [0.05, 0.1) is 16.7 Å². The van der Waals surface area contributed by atoms with Crippen LogP contribution >= 0.6 is 11.3 Å². The monoisotopic (exact) mass is 782 g/mol. The maximum absolute atomic E-state index is 5.22. The number of rotatable bonds is 6. The fraction of sp³-hybridized carbons (Fsp3) is 0. The number of fused-ring (bicyclic) bond motifs is 7. The Morgan fingerprint density at radius 2 is 0.867 bits per heavy atom. The second kappa shape index (κ2) is 14.0. The van der Waals surface area contributed by atoms with Gasteiger partial charge in [0.25, 0.3) is 0 Å². The van der Waals surface area contributed by atoms with Gasteiger partial charge in [-0.05, 0) is 64.0 Å². The van der Waals surface area contributed by atoms with Crippen molar-refractivity contribution in [2.75, 3.05) is 0 Å². The molecule has 0 saturated heterocycles. The first-order valence-electron chi connectivity index (χ1n) is 20.2. The van der Waals surface area contributed by atoms with Crippen LogP contribution in [0.5, 0.6) is 0 Å². The first-order chi connectivity index (χ1) is 29.7. The summed E-state index contributed by atoms with van der Waals surface area (Å²) in [6.07, 6.45) is 0. The highest BCUT2D eigenvalue weighted by atomic mass is 32.1. The molecular weight excluding hydrogens is 749 g/mol. The van der Waals surface area contributed by atoms with E-state index in [9.17, 15) is 0 Å². The highest BCUT2D eigenvalue weighted by Gasteiger charge is 2.19. The molecule has 0 unspecified atom stereocenters. The zero-order chi connectivity index (χ0) is 39.6. The first kappa shape index (κ1) is 34.3. The molecule has 0 fully saturated rings. The Kier molecular flexibility index (Phi) is 8.00. The van der Waals surface area contributed by atoms with Crippen molar-refractivity contribution in [3.63, 3.8) is 0 Å². The number of hydrogen-bond donors (Lipinski definition) is 0. The molecular formula is C55H34N4S. The Morgan fingerprint density at radius 1 is 0.317 bits per heavy atom. The zero-order valence-electron chi connectivity index (χ0n) is 32.3. The van der Waals surface area contributed by atoms with E-state index < -0.39 is 0 Å². The van der Waals surface area contributed by atoms with E-state index in [0.29, 0.717) is 17.5 Å². The molecule has 3 heterocycles. The van der Waals surface area contributed by atoms with Crippen molar-refractivity contribution >= 4 is 64.1 Å². The lowest BCUT2D eigenvalue weighted by Gasteiger charge is -2.15. The normalized spacial score (nSPS) is 11.7. The Bertz CT molecular complexity index is 3550. The Labute approximate surface area is 350 Å². The molecule has 0 aliphatic rings. The number of nitrogens with zero attached hydrogens (tertiary/aromatic N) is 4. The van der Waals surface area contributed by atoms with E-state index in [2.05, 4.69) is 205 Å². The predicted molar refractivity (Wildman–Crippen MR) is 252 cm³/mol. The van der Waals surface area contributed by atoms with Gasteiger partial charge < -0.3 is 4.57 Å². The van der Waals surface area contributed by atoms with Crippen LogP contribution in [-0.2, 0) is 0 Å². The molecule has 0 bridgehead atoms. The number of thiophene rings is 1. The molecule has 60 heavy (non-hydrogen) atoms. The van der Waals surface area contributed by atoms with E-state index in [1.807, 2.05) is 6.07 Å². The Morgan fingerprint density at radius 3 is 1.63 bits per heavy atom. The summed E-state index contributed by atoms with van der Waals surface area (Å²) >= 11 is 1.79. The van der Waals surface area contributed by atoms with Gasteiger partial charge in [-0.15, -0.1) is 11.3 Å². The van der Waals surface area contributed by atoms with Crippen LogP contribution in [0.25, 0.3) is 115 Å². The molecule has 0 aliphatic carbocycles. The predicted octanol–water partition coefficient (Wildman–Crippen LogP) is 14.8. The molecule has 280 valence electrons. The topological polar surface area (TPSA) is 43.6 Å². The highest BCUT2D eigenvalue weighted by Crippen LogP contribution is 2.41. The molecule has 9 aromatic carbocycles. The van der Waals surface area contributed by atoms with Gasteiger partial charge in [0.15, 0.2) is 17.5 Å². The van der Waals surface area contributed by atoms with Crippen LogP contribution in [0.3, 0.4) is 0 Å². The highest BCUT2D eigenvalue weighted by molar-refractivity contribution is 7.26. The summed E-state index contributed by atoms with van der Waals surface area (Å²) in [6, 6.07) is 73.3. The van der Waals surface area contributed by atoms with Gasteiger partial charge in [0, 0.05) is 53.0 Å². The van der Waals surface area contributed by atoms with Gasteiger partial charge in [-0.25, -0.2) is 15.0 Å². The van der Waals surface area contributed by atoms with Crippen molar-refractivity contribution in [1.29, 1.82) is 0 Å². The molecule has 3 aromatic heterocycles. The molecule has 0 atom stereocenters. The van der Waals surface area contributed by atoms with Crippen LogP contribution in [0.1, 0.15) is 0 Å². The van der Waals surface area contributed by atoms with E-state index >= 15 is 0 Å². The minimum absolute atomic E-state index is 0.636. The molecule has 5 heteroatoms. The average Bonchev–Trinajstić information content (AvgIpc) is 3.88. The van der Waals surface area contributed by atoms with Crippen LogP contribution in [0.4, 0.5) is 0 Å². The third-order valence-electron chi connectivity index (χ3n) is 11.7. The molecule has 4 nitrogen and oxygen atoms in total. The van der Waals surface area contributed by atoms with E-state index in [-0.39, 0.29) is 0 Å². The van der Waals surface area contributed by atoms with Gasteiger partial charge in [-0.3, -0.25) is 0 Å². The SMILES string of the molecule is c1ccc(-c2cccc(-c3nc(-c4ccc(-c5ccc(-n6c7ccccc7c7ccccc76)c6ccccc56)cc4)nc(-c4cccc5c4sc4ccccc45)n3)c2)cc1. The van der Waals surface area contributed by atoms with Crippen LogP contribution < -0.4 is 0 Å². The van der Waals surface area contributed by atoms with Gasteiger partial charge in [0.2, 0.25) is 0 Å². The molecule has 12 aromatic rings. The molecule has 0 saturated carbocycles. The fourth-order valence-corrected chi connectivity index (χ4v) is 10.1. The minimum Gasteiger partial charge on any atom is -0.309 e. The summed E-state index contributed by atoms with van der Waals surface area (Å²) in [5.41, 5.74) is 11.0. The molecule has 12 rings (SSSR count). The van der Waals surface area contributed by atoms with Gasteiger partial charge in [-0.1, -0.05) is 170 Å². The van der Waals surface area contributed by atoms with Crippen molar-refractivity contribution in [3.8, 4) is 62.1 Å². The van der Waals surface area contributed by atoms with Crippen molar-refractivity contribution in [3.05, 3.63) is 206 Å². The van der Waals surface area contributed by atoms with Crippen LogP contribution in [0.15, 0.2) is 206 Å². The standard InChI is InChI=1S/C55H34N4S/c1-2-14-35(15-3-1)38-16-12-17-39(34-38)54-56-53(57-55(58-54)47-24-13-23-46-45-22-8-11-27-51(45)60-52(46)47)37-30-28-36(29-31-37)40-32-33-50(42-19-5-4-18-41(40)42)59-48-25-9-6-20-43(48)44-21-7-10-26-49(44)59/h1-34H. The number of aromatic nitrogens is 4. The summed E-state index contributed by atoms with van der Waals surface area (Å²) in [5.74, 6) is 1.94. The second-order valence-corrected chi connectivity index (χ2v) is 16.2. The van der Waals surface area contributed by atoms with Crippen molar-refractivity contribution in [2.45, 2.75) is 0 Å². The van der Waals surface area contributed by atoms with Gasteiger partial charge >= 0.3 is 0 Å². The molecule has 0 aliphatic heterocycles. The van der Waals surface area contributed by atoms with Gasteiger partial charge in [-0.2, -0.15) is 0 Å². The summed E-state index contributed by atoms with van der Waals surface area (Å²) in [5, 5.41) is 7.37. The van der Waals surface area contributed by atoms with E-state index in [4.69, 9.17) is 15.0 Å². The Hall–Kier alpha value is -7.73. The lowest BCUT2D eigenvalue weighted by atomic mass is 9.96. The smallest absolute Gasteiger partial charge is 0.165 e. The lowest BCUT2D eigenvalue weighted by Crippen LogP contribution is -2.00. The zero-order valence-corrected chi connectivity index (χ0v) is 33.1. The third-order valence-corrected chi connectivity index (χ3v) is 12.9. The molecule has 0 radical (unpaired) electrons. The molecule has 0 N–H and O–H groups in total. The van der Waals surface area contributed by atoms with Crippen LogP contribution in [0.2, 0.25) is 0 Å². The first-order valence-corrected chi connectivity index (χ1v) is 21.0. The summed E-state index contributed by atoms with van der Waals surface area (Å²) in [4.78, 5) is 15.6. The fourth-order valence-electron chi connectivity index (χ4n) is 8.86. The number of hydrogen-bond acceptors (Lipinski definition) is 4. The second-order valence-electron chi connectivity index (χ2n) is 15.2. The van der Waals surface area contributed by atoms with Crippen LogP contribution in [-0.4, -0.2) is 19.5 Å². The molecule has 0 spiro atoms. The summed E-state index contributed by atoms with van der Waals surface area (Å²) in [6.45, 7) is 0. The van der Waals surface area contributed by atoms with Crippen LogP contribution in [0, 0.1) is 0 Å². The Balaban J connectivity index is 0.991. The largest absolute Gasteiger partial charge is 0.309 e. The lowest BCUT2D eigenvalue weighted by molar-refractivity contribution is 1.08. The van der Waals surface area contributed by atoms with Gasteiger partial charge in [0.1, 0.15) is 0 Å². The minimum atomic E-state index is 0.636. The van der Waals surface area contributed by atoms with E-state index in [1.54, 1.807) is 11.3 Å². The third kappa shape index (κ3) is 5.63. The summed E-state index contributed by atoms with van der Waals surface area (Å²) < 4.78 is 4.83. The maximum Gasteiger partial charge on any atom is 0.165 e. The van der Waals surface area contributed by atoms with Crippen molar-refractivity contribution in [1.82, 2.24) is 19.5 Å². The van der Waals surface area contributed by atoms with E-state index in [1.165, 1.54) is 64.0 Å². The maximum atomic E-state index is 5.22. The summed E-state index contributed by atoms with van der Waals surface area (Å²) in [7, 11) is 0.